The van der Waals surface area contributed by atoms with Gasteiger partial charge in [0.25, 0.3) is 5.91 Å². The van der Waals surface area contributed by atoms with Crippen molar-refractivity contribution in [2.75, 3.05) is 6.54 Å². The van der Waals surface area contributed by atoms with Crippen LogP contribution >= 0.6 is 0 Å². The quantitative estimate of drug-likeness (QED) is 0.743. The summed E-state index contributed by atoms with van der Waals surface area (Å²) in [6.45, 7) is 6.47. The molecule has 4 heteroatoms. The minimum atomic E-state index is -0.488. The SMILES string of the molecule is CCCCNC(=O)C(C)Oc1ccc([C@H](C)N)cc1. The van der Waals surface area contributed by atoms with Gasteiger partial charge in [0.05, 0.1) is 0 Å². The lowest BCUT2D eigenvalue weighted by molar-refractivity contribution is -0.127. The van der Waals surface area contributed by atoms with Crippen LogP contribution in [0.25, 0.3) is 0 Å². The summed E-state index contributed by atoms with van der Waals surface area (Å²) in [5, 5.41) is 2.85. The van der Waals surface area contributed by atoms with Crippen LogP contribution in [0.4, 0.5) is 0 Å². The van der Waals surface area contributed by atoms with Gasteiger partial charge in [-0.1, -0.05) is 25.5 Å². The number of nitrogens with two attached hydrogens (primary N) is 1. The molecule has 0 saturated carbocycles. The van der Waals surface area contributed by atoms with Crippen molar-refractivity contribution in [2.24, 2.45) is 5.73 Å². The zero-order valence-electron chi connectivity index (χ0n) is 12.0. The molecule has 2 atom stereocenters. The molecule has 0 spiro atoms. The Bertz CT molecular complexity index is 388. The normalized spacial score (nSPS) is 13.7. The molecule has 0 aliphatic heterocycles. The van der Waals surface area contributed by atoms with Gasteiger partial charge in [0.1, 0.15) is 5.75 Å². The number of unbranched alkanes of at least 4 members (excludes halogenated alkanes) is 1. The maximum Gasteiger partial charge on any atom is 0.260 e. The van der Waals surface area contributed by atoms with Gasteiger partial charge in [0.15, 0.2) is 6.10 Å². The molecule has 1 amide bonds. The first-order chi connectivity index (χ1) is 9.04. The van der Waals surface area contributed by atoms with Crippen molar-refractivity contribution in [2.45, 2.75) is 45.8 Å². The van der Waals surface area contributed by atoms with E-state index in [4.69, 9.17) is 10.5 Å². The van der Waals surface area contributed by atoms with Crippen molar-refractivity contribution < 1.29 is 9.53 Å². The fraction of sp³-hybridized carbons (Fsp3) is 0.533. The van der Waals surface area contributed by atoms with Gasteiger partial charge in [0.2, 0.25) is 0 Å². The van der Waals surface area contributed by atoms with Crippen molar-refractivity contribution in [3.63, 3.8) is 0 Å². The Morgan fingerprint density at radius 1 is 1.32 bits per heavy atom. The summed E-state index contributed by atoms with van der Waals surface area (Å²) in [7, 11) is 0. The van der Waals surface area contributed by atoms with E-state index in [1.54, 1.807) is 6.92 Å². The molecule has 0 heterocycles. The molecule has 0 aliphatic rings. The second-order valence-electron chi connectivity index (χ2n) is 4.76. The largest absolute Gasteiger partial charge is 0.481 e. The molecule has 19 heavy (non-hydrogen) atoms. The Labute approximate surface area is 115 Å². The average Bonchev–Trinajstić information content (AvgIpc) is 2.39. The first-order valence-corrected chi connectivity index (χ1v) is 6.84. The molecule has 1 aromatic carbocycles. The number of ether oxygens (including phenoxy) is 1. The maximum atomic E-state index is 11.7. The molecule has 0 radical (unpaired) electrons. The van der Waals surface area contributed by atoms with Crippen LogP contribution < -0.4 is 15.8 Å². The fourth-order valence-electron chi connectivity index (χ4n) is 1.64. The molecular weight excluding hydrogens is 240 g/mol. The summed E-state index contributed by atoms with van der Waals surface area (Å²) in [6.07, 6.45) is 1.56. The van der Waals surface area contributed by atoms with Gasteiger partial charge in [-0.2, -0.15) is 0 Å². The van der Waals surface area contributed by atoms with Gasteiger partial charge in [-0.25, -0.2) is 0 Å². The monoisotopic (exact) mass is 264 g/mol. The Morgan fingerprint density at radius 3 is 2.47 bits per heavy atom. The van der Waals surface area contributed by atoms with Crippen molar-refractivity contribution in [1.82, 2.24) is 5.32 Å². The molecule has 3 N–H and O–H groups in total. The standard InChI is InChI=1S/C15H24N2O2/c1-4-5-10-17-15(18)12(3)19-14-8-6-13(7-9-14)11(2)16/h6-9,11-12H,4-5,10,16H2,1-3H3,(H,17,18)/t11-,12?/m0/s1. The number of carbonyl (C=O) groups excluding carboxylic acids is 1. The van der Waals surface area contributed by atoms with E-state index in [0.717, 1.165) is 18.4 Å². The molecule has 0 fully saturated rings. The number of benzene rings is 1. The van der Waals surface area contributed by atoms with E-state index in [-0.39, 0.29) is 11.9 Å². The summed E-state index contributed by atoms with van der Waals surface area (Å²) >= 11 is 0. The number of rotatable bonds is 7. The van der Waals surface area contributed by atoms with E-state index in [9.17, 15) is 4.79 Å². The van der Waals surface area contributed by atoms with E-state index in [0.29, 0.717) is 12.3 Å². The molecule has 1 aromatic rings. The predicted octanol–water partition coefficient (Wildman–Crippen LogP) is 2.39. The highest BCUT2D eigenvalue weighted by Gasteiger charge is 2.13. The minimum Gasteiger partial charge on any atom is -0.481 e. The molecule has 0 aromatic heterocycles. The highest BCUT2D eigenvalue weighted by atomic mass is 16.5. The summed E-state index contributed by atoms with van der Waals surface area (Å²) in [5.74, 6) is 0.604. The van der Waals surface area contributed by atoms with E-state index >= 15 is 0 Å². The molecule has 106 valence electrons. The van der Waals surface area contributed by atoms with Crippen LogP contribution in [0.15, 0.2) is 24.3 Å². The minimum absolute atomic E-state index is 0.00353. The number of nitrogens with one attached hydrogen (secondary N) is 1. The predicted molar refractivity (Wildman–Crippen MR) is 77.1 cm³/mol. The molecule has 1 rings (SSSR count). The van der Waals surface area contributed by atoms with Gasteiger partial charge in [-0.15, -0.1) is 0 Å². The van der Waals surface area contributed by atoms with Crippen molar-refractivity contribution in [3.05, 3.63) is 29.8 Å². The van der Waals surface area contributed by atoms with Gasteiger partial charge in [0, 0.05) is 12.6 Å². The third kappa shape index (κ3) is 5.30. The van der Waals surface area contributed by atoms with E-state index in [1.807, 2.05) is 31.2 Å². The Hall–Kier alpha value is -1.55. The summed E-state index contributed by atoms with van der Waals surface area (Å²) in [5.41, 5.74) is 6.82. The van der Waals surface area contributed by atoms with Crippen LogP contribution in [0.2, 0.25) is 0 Å². The van der Waals surface area contributed by atoms with Crippen LogP contribution in [-0.4, -0.2) is 18.6 Å². The van der Waals surface area contributed by atoms with Crippen LogP contribution in [-0.2, 0) is 4.79 Å². The lowest BCUT2D eigenvalue weighted by Crippen LogP contribution is -2.36. The van der Waals surface area contributed by atoms with Gasteiger partial charge in [-0.3, -0.25) is 4.79 Å². The van der Waals surface area contributed by atoms with Crippen molar-refractivity contribution >= 4 is 5.91 Å². The Balaban J connectivity index is 2.47. The molecule has 1 unspecified atom stereocenters. The third-order valence-corrected chi connectivity index (χ3v) is 2.92. The van der Waals surface area contributed by atoms with Crippen molar-refractivity contribution in [3.8, 4) is 5.75 Å². The maximum absolute atomic E-state index is 11.7. The fourth-order valence-corrected chi connectivity index (χ4v) is 1.64. The summed E-state index contributed by atoms with van der Waals surface area (Å²) in [4.78, 5) is 11.7. The van der Waals surface area contributed by atoms with Crippen LogP contribution in [0, 0.1) is 0 Å². The second-order valence-corrected chi connectivity index (χ2v) is 4.76. The topological polar surface area (TPSA) is 64.3 Å². The third-order valence-electron chi connectivity index (χ3n) is 2.92. The highest BCUT2D eigenvalue weighted by molar-refractivity contribution is 5.80. The first kappa shape index (κ1) is 15.5. The zero-order chi connectivity index (χ0) is 14.3. The molecule has 0 saturated heterocycles. The number of hydrogen-bond acceptors (Lipinski definition) is 3. The average molecular weight is 264 g/mol. The smallest absolute Gasteiger partial charge is 0.260 e. The highest BCUT2D eigenvalue weighted by Crippen LogP contribution is 2.17. The molecule has 0 aliphatic carbocycles. The summed E-state index contributed by atoms with van der Waals surface area (Å²) < 4.78 is 5.59. The van der Waals surface area contributed by atoms with Crippen LogP contribution in [0.5, 0.6) is 5.75 Å². The lowest BCUT2D eigenvalue weighted by atomic mass is 10.1. The Morgan fingerprint density at radius 2 is 1.95 bits per heavy atom. The second kappa shape index (κ2) is 7.79. The number of amides is 1. The van der Waals surface area contributed by atoms with Crippen molar-refractivity contribution in [1.29, 1.82) is 0 Å². The Kier molecular flexibility index (Phi) is 6.36. The van der Waals surface area contributed by atoms with Gasteiger partial charge >= 0.3 is 0 Å². The molecular formula is C15H24N2O2. The number of carbonyl (C=O) groups is 1. The van der Waals surface area contributed by atoms with Gasteiger partial charge < -0.3 is 15.8 Å². The first-order valence-electron chi connectivity index (χ1n) is 6.84. The molecule has 0 bridgehead atoms. The van der Waals surface area contributed by atoms with E-state index in [1.165, 1.54) is 0 Å². The number of hydrogen-bond donors (Lipinski definition) is 2. The van der Waals surface area contributed by atoms with E-state index < -0.39 is 6.10 Å². The van der Waals surface area contributed by atoms with Crippen LogP contribution in [0.1, 0.15) is 45.2 Å². The van der Waals surface area contributed by atoms with Crippen LogP contribution in [0.3, 0.4) is 0 Å². The zero-order valence-corrected chi connectivity index (χ0v) is 12.0. The summed E-state index contributed by atoms with van der Waals surface area (Å²) in [6, 6.07) is 7.52. The van der Waals surface area contributed by atoms with E-state index in [2.05, 4.69) is 12.2 Å². The lowest BCUT2D eigenvalue weighted by Gasteiger charge is -2.15. The van der Waals surface area contributed by atoms with Gasteiger partial charge in [-0.05, 0) is 38.0 Å². The molecule has 4 nitrogen and oxygen atoms in total.